The molecule has 0 bridgehead atoms. The van der Waals surface area contributed by atoms with Crippen LogP contribution in [0.5, 0.6) is 0 Å². The summed E-state index contributed by atoms with van der Waals surface area (Å²) in [5, 5.41) is 19.1. The minimum atomic E-state index is -4.99. The third kappa shape index (κ3) is 2.51. The Hall–Kier alpha value is -2.30. The van der Waals surface area contributed by atoms with Gasteiger partial charge in [-0.1, -0.05) is 0 Å². The van der Waals surface area contributed by atoms with Crippen molar-refractivity contribution >= 4 is 11.7 Å². The maximum absolute atomic E-state index is 12.7. The van der Waals surface area contributed by atoms with Gasteiger partial charge in [0.05, 0.1) is 0 Å². The molecule has 1 aromatic rings. The van der Waals surface area contributed by atoms with Crippen molar-refractivity contribution in [2.24, 2.45) is 0 Å². The average Bonchev–Trinajstić information content (AvgIpc) is 2.27. The second kappa shape index (κ2) is 4.52. The third-order valence-electron chi connectivity index (χ3n) is 2.26. The van der Waals surface area contributed by atoms with Crippen molar-refractivity contribution in [3.63, 3.8) is 0 Å². The highest BCUT2D eigenvalue weighted by Gasteiger charge is 2.57. The second-order valence-corrected chi connectivity index (χ2v) is 3.59. The van der Waals surface area contributed by atoms with Crippen molar-refractivity contribution in [2.75, 3.05) is 5.32 Å². The van der Waals surface area contributed by atoms with Crippen LogP contribution in [0.15, 0.2) is 18.3 Å². The van der Waals surface area contributed by atoms with Crippen molar-refractivity contribution in [2.45, 2.75) is 18.6 Å². The van der Waals surface area contributed by atoms with E-state index in [-0.39, 0.29) is 11.4 Å². The largest absolute Gasteiger partial charge is 0.479 e. The van der Waals surface area contributed by atoms with Crippen LogP contribution < -0.4 is 5.32 Å². The van der Waals surface area contributed by atoms with Gasteiger partial charge in [-0.25, -0.2) is 9.78 Å². The standard InChI is InChI=1S/C10H8F3N3O2/c1-9(8(17)18,10(11,12)13)16-6-2-3-15-7(4-6)5-14/h2-4H,1H3,(H,15,16)(H,17,18). The predicted octanol–water partition coefficient (Wildman–Crippen LogP) is 1.77. The molecule has 0 saturated carbocycles. The van der Waals surface area contributed by atoms with Crippen LogP contribution in [0.3, 0.4) is 0 Å². The van der Waals surface area contributed by atoms with Crippen LogP contribution in [0, 0.1) is 11.3 Å². The van der Waals surface area contributed by atoms with Gasteiger partial charge >= 0.3 is 12.1 Å². The molecule has 18 heavy (non-hydrogen) atoms. The van der Waals surface area contributed by atoms with E-state index >= 15 is 0 Å². The Kier molecular flexibility index (Phi) is 3.46. The first-order valence-corrected chi connectivity index (χ1v) is 4.65. The molecule has 1 rings (SSSR count). The number of hydrogen-bond acceptors (Lipinski definition) is 4. The highest BCUT2D eigenvalue weighted by atomic mass is 19.4. The lowest BCUT2D eigenvalue weighted by Crippen LogP contribution is -2.55. The van der Waals surface area contributed by atoms with Gasteiger partial charge in [-0.3, -0.25) is 0 Å². The maximum Gasteiger partial charge on any atom is 0.422 e. The van der Waals surface area contributed by atoms with Crippen molar-refractivity contribution in [3.05, 3.63) is 24.0 Å². The number of carboxylic acid groups (broad SMARTS) is 1. The number of carbonyl (C=O) groups is 1. The smallest absolute Gasteiger partial charge is 0.422 e. The zero-order valence-electron chi connectivity index (χ0n) is 9.12. The normalized spacial score (nSPS) is 14.4. The van der Waals surface area contributed by atoms with Gasteiger partial charge in [0.15, 0.2) is 0 Å². The highest BCUT2D eigenvalue weighted by Crippen LogP contribution is 2.33. The summed E-state index contributed by atoms with van der Waals surface area (Å²) < 4.78 is 38.1. The Morgan fingerprint density at radius 1 is 1.56 bits per heavy atom. The van der Waals surface area contributed by atoms with Crippen LogP contribution in [-0.4, -0.2) is 27.8 Å². The molecular weight excluding hydrogens is 251 g/mol. The van der Waals surface area contributed by atoms with Crippen LogP contribution in [0.1, 0.15) is 12.6 Å². The molecule has 0 spiro atoms. The molecule has 1 atom stereocenters. The Morgan fingerprint density at radius 2 is 2.17 bits per heavy atom. The molecule has 0 radical (unpaired) electrons. The summed E-state index contributed by atoms with van der Waals surface area (Å²) in [5.74, 6) is -2.06. The van der Waals surface area contributed by atoms with Gasteiger partial charge in [0.25, 0.3) is 0 Å². The molecule has 0 aromatic carbocycles. The zero-order valence-corrected chi connectivity index (χ0v) is 9.12. The molecule has 0 aliphatic carbocycles. The maximum atomic E-state index is 12.7. The van der Waals surface area contributed by atoms with Gasteiger partial charge in [-0.05, 0) is 19.1 Å². The third-order valence-corrected chi connectivity index (χ3v) is 2.26. The number of nitriles is 1. The fraction of sp³-hybridized carbons (Fsp3) is 0.300. The van der Waals surface area contributed by atoms with E-state index in [1.54, 1.807) is 6.07 Å². The van der Waals surface area contributed by atoms with Crippen molar-refractivity contribution < 1.29 is 23.1 Å². The highest BCUT2D eigenvalue weighted by molar-refractivity contribution is 5.83. The number of carboxylic acids is 1. The minimum absolute atomic E-state index is 0.116. The molecule has 1 unspecified atom stereocenters. The van der Waals surface area contributed by atoms with E-state index in [4.69, 9.17) is 10.4 Å². The van der Waals surface area contributed by atoms with Crippen LogP contribution in [0.25, 0.3) is 0 Å². The predicted molar refractivity (Wildman–Crippen MR) is 54.7 cm³/mol. The number of hydrogen-bond donors (Lipinski definition) is 2. The number of aliphatic carboxylic acids is 1. The van der Waals surface area contributed by atoms with Crippen molar-refractivity contribution in [1.29, 1.82) is 5.26 Å². The lowest BCUT2D eigenvalue weighted by atomic mass is 10.0. The first kappa shape index (κ1) is 13.8. The average molecular weight is 259 g/mol. The number of aromatic nitrogens is 1. The summed E-state index contributed by atoms with van der Waals surface area (Å²) in [6.07, 6.45) is -3.88. The van der Waals surface area contributed by atoms with E-state index in [9.17, 15) is 18.0 Å². The summed E-state index contributed by atoms with van der Waals surface area (Å²) in [4.78, 5) is 14.3. The molecule has 0 aliphatic heterocycles. The molecule has 96 valence electrons. The molecule has 0 fully saturated rings. The number of pyridine rings is 1. The lowest BCUT2D eigenvalue weighted by molar-refractivity contribution is -0.192. The van der Waals surface area contributed by atoms with Crippen LogP contribution in [0.4, 0.5) is 18.9 Å². The topological polar surface area (TPSA) is 86.0 Å². The number of anilines is 1. The number of alkyl halides is 3. The molecule has 0 amide bonds. The molecule has 1 heterocycles. The van der Waals surface area contributed by atoms with E-state index in [0.29, 0.717) is 6.92 Å². The summed E-state index contributed by atoms with van der Waals surface area (Å²) >= 11 is 0. The van der Waals surface area contributed by atoms with Gasteiger partial charge < -0.3 is 10.4 Å². The molecular formula is C10H8F3N3O2. The molecule has 0 saturated heterocycles. The van der Waals surface area contributed by atoms with Gasteiger partial charge in [0, 0.05) is 11.9 Å². The number of halogens is 3. The molecule has 0 aliphatic rings. The van der Waals surface area contributed by atoms with Crippen LogP contribution in [-0.2, 0) is 4.79 Å². The number of nitrogens with one attached hydrogen (secondary N) is 1. The first-order valence-electron chi connectivity index (χ1n) is 4.65. The van der Waals surface area contributed by atoms with Gasteiger partial charge in [-0.2, -0.15) is 18.4 Å². The molecule has 2 N–H and O–H groups in total. The van der Waals surface area contributed by atoms with E-state index < -0.39 is 17.7 Å². The number of nitrogens with zero attached hydrogens (tertiary/aromatic N) is 2. The Balaban J connectivity index is 3.13. The SMILES string of the molecule is CC(Nc1ccnc(C#N)c1)(C(=O)O)C(F)(F)F. The van der Waals surface area contributed by atoms with E-state index in [0.717, 1.165) is 18.3 Å². The summed E-state index contributed by atoms with van der Waals surface area (Å²) in [6, 6.07) is 3.82. The summed E-state index contributed by atoms with van der Waals surface area (Å²) in [7, 11) is 0. The van der Waals surface area contributed by atoms with Gasteiger partial charge in [0.2, 0.25) is 5.54 Å². The Morgan fingerprint density at radius 3 is 2.61 bits per heavy atom. The first-order chi connectivity index (χ1) is 8.20. The van der Waals surface area contributed by atoms with Gasteiger partial charge in [0.1, 0.15) is 11.8 Å². The lowest BCUT2D eigenvalue weighted by Gasteiger charge is -2.29. The zero-order chi connectivity index (χ0) is 14.0. The van der Waals surface area contributed by atoms with Gasteiger partial charge in [-0.15, -0.1) is 0 Å². The monoisotopic (exact) mass is 259 g/mol. The Bertz CT molecular complexity index is 510. The molecule has 8 heteroatoms. The fourth-order valence-electron chi connectivity index (χ4n) is 1.10. The van der Waals surface area contributed by atoms with Crippen LogP contribution >= 0.6 is 0 Å². The molecule has 5 nitrogen and oxygen atoms in total. The minimum Gasteiger partial charge on any atom is -0.479 e. The van der Waals surface area contributed by atoms with Crippen molar-refractivity contribution in [1.82, 2.24) is 4.98 Å². The van der Waals surface area contributed by atoms with E-state index in [2.05, 4.69) is 4.98 Å². The summed E-state index contributed by atoms with van der Waals surface area (Å²) in [5.41, 5.74) is -3.40. The Labute approximate surface area is 99.9 Å². The fourth-order valence-corrected chi connectivity index (χ4v) is 1.10. The van der Waals surface area contributed by atoms with E-state index in [1.165, 1.54) is 0 Å². The quantitative estimate of drug-likeness (QED) is 0.863. The van der Waals surface area contributed by atoms with Crippen molar-refractivity contribution in [3.8, 4) is 6.07 Å². The van der Waals surface area contributed by atoms with Crippen LogP contribution in [0.2, 0.25) is 0 Å². The molecule has 1 aromatic heterocycles. The van der Waals surface area contributed by atoms with E-state index in [1.807, 2.05) is 5.32 Å². The second-order valence-electron chi connectivity index (χ2n) is 3.59. The summed E-state index contributed by atoms with van der Waals surface area (Å²) in [6.45, 7) is 0.502. The number of rotatable bonds is 3.